The third-order valence-electron chi connectivity index (χ3n) is 2.25. The van der Waals surface area contributed by atoms with Crippen molar-refractivity contribution in [1.29, 1.82) is 5.26 Å². The molecule has 0 aliphatic rings. The highest BCUT2D eigenvalue weighted by atomic mass is 19.2. The fraction of sp³-hybridized carbons (Fsp3) is 0.0769. The smallest absolute Gasteiger partial charge is 0.231 e. The van der Waals surface area contributed by atoms with Gasteiger partial charge in [-0.1, -0.05) is 6.07 Å². The molecule has 0 spiro atoms. The van der Waals surface area contributed by atoms with E-state index in [2.05, 4.69) is 4.98 Å². The molecule has 90 valence electrons. The lowest BCUT2D eigenvalue weighted by molar-refractivity contribution is 0.292. The minimum atomic E-state index is -0.933. The average molecular weight is 246 g/mol. The van der Waals surface area contributed by atoms with Crippen molar-refractivity contribution in [3.05, 3.63) is 59.3 Å². The minimum absolute atomic E-state index is 0.0168. The summed E-state index contributed by atoms with van der Waals surface area (Å²) in [6.07, 6.45) is 1.49. The van der Waals surface area contributed by atoms with Crippen LogP contribution in [-0.2, 0) is 6.61 Å². The molecule has 0 unspecified atom stereocenters. The molecule has 1 aromatic heterocycles. The molecule has 0 amide bonds. The van der Waals surface area contributed by atoms with Gasteiger partial charge in [0.05, 0.1) is 0 Å². The molecule has 0 radical (unpaired) electrons. The van der Waals surface area contributed by atoms with Gasteiger partial charge in [0.1, 0.15) is 18.2 Å². The van der Waals surface area contributed by atoms with Gasteiger partial charge in [-0.15, -0.1) is 0 Å². The van der Waals surface area contributed by atoms with Crippen LogP contribution in [-0.4, -0.2) is 4.98 Å². The highest BCUT2D eigenvalue weighted by Crippen LogP contribution is 2.15. The standard InChI is InChI=1S/C13H8F2N2O/c14-11-4-3-9(6-12(11)15)8-18-13-10(7-16)2-1-5-17-13/h1-6H,8H2. The van der Waals surface area contributed by atoms with Crippen molar-refractivity contribution < 1.29 is 13.5 Å². The zero-order chi connectivity index (χ0) is 13.0. The maximum Gasteiger partial charge on any atom is 0.231 e. The van der Waals surface area contributed by atoms with Gasteiger partial charge < -0.3 is 4.74 Å². The van der Waals surface area contributed by atoms with E-state index in [1.165, 1.54) is 12.3 Å². The molecule has 0 saturated heterocycles. The number of hydrogen-bond acceptors (Lipinski definition) is 3. The molecule has 0 aliphatic carbocycles. The SMILES string of the molecule is N#Cc1cccnc1OCc1ccc(F)c(F)c1. The molecule has 0 fully saturated rings. The Morgan fingerprint density at radius 3 is 2.78 bits per heavy atom. The Balaban J connectivity index is 2.12. The van der Waals surface area contributed by atoms with Crippen molar-refractivity contribution in [3.8, 4) is 11.9 Å². The lowest BCUT2D eigenvalue weighted by Gasteiger charge is -2.06. The van der Waals surface area contributed by atoms with Gasteiger partial charge in [-0.3, -0.25) is 0 Å². The summed E-state index contributed by atoms with van der Waals surface area (Å²) in [7, 11) is 0. The molecule has 1 aromatic carbocycles. The Kier molecular flexibility index (Phi) is 3.49. The van der Waals surface area contributed by atoms with Gasteiger partial charge >= 0.3 is 0 Å². The molecule has 0 aliphatic heterocycles. The number of benzene rings is 1. The zero-order valence-electron chi connectivity index (χ0n) is 9.23. The summed E-state index contributed by atoms with van der Waals surface area (Å²) in [5, 5.41) is 8.82. The lowest BCUT2D eigenvalue weighted by Crippen LogP contribution is -2.00. The van der Waals surface area contributed by atoms with Crippen molar-refractivity contribution >= 4 is 0 Å². The number of aromatic nitrogens is 1. The second-order valence-electron chi connectivity index (χ2n) is 3.51. The van der Waals surface area contributed by atoms with Gasteiger partial charge in [-0.05, 0) is 29.8 Å². The van der Waals surface area contributed by atoms with Crippen LogP contribution in [0.4, 0.5) is 8.78 Å². The summed E-state index contributed by atoms with van der Waals surface area (Å²) in [4.78, 5) is 3.89. The Bertz CT molecular complexity index is 608. The fourth-order valence-corrected chi connectivity index (χ4v) is 1.37. The normalized spacial score (nSPS) is 9.83. The van der Waals surface area contributed by atoms with E-state index in [0.29, 0.717) is 11.1 Å². The Labute approximate surface area is 102 Å². The van der Waals surface area contributed by atoms with Crippen molar-refractivity contribution in [3.63, 3.8) is 0 Å². The number of rotatable bonds is 3. The highest BCUT2D eigenvalue weighted by Gasteiger charge is 2.06. The van der Waals surface area contributed by atoms with E-state index in [9.17, 15) is 8.78 Å². The average Bonchev–Trinajstić information content (AvgIpc) is 2.40. The third kappa shape index (κ3) is 2.61. The van der Waals surface area contributed by atoms with E-state index in [1.807, 2.05) is 6.07 Å². The number of nitriles is 1. The second-order valence-corrected chi connectivity index (χ2v) is 3.51. The second kappa shape index (κ2) is 5.23. The molecule has 2 rings (SSSR count). The summed E-state index contributed by atoms with van der Waals surface area (Å²) in [5.74, 6) is -1.67. The van der Waals surface area contributed by atoms with Crippen LogP contribution in [0.3, 0.4) is 0 Å². The van der Waals surface area contributed by atoms with E-state index in [0.717, 1.165) is 12.1 Å². The van der Waals surface area contributed by atoms with Crippen LogP contribution in [0.1, 0.15) is 11.1 Å². The van der Waals surface area contributed by atoms with Gasteiger partial charge in [0.25, 0.3) is 0 Å². The molecular formula is C13H8F2N2O. The maximum atomic E-state index is 13.0. The molecule has 1 heterocycles. The highest BCUT2D eigenvalue weighted by molar-refractivity contribution is 5.37. The van der Waals surface area contributed by atoms with Gasteiger partial charge in [0.2, 0.25) is 5.88 Å². The summed E-state index contributed by atoms with van der Waals surface area (Å²) >= 11 is 0. The van der Waals surface area contributed by atoms with Crippen LogP contribution in [0.2, 0.25) is 0 Å². The maximum absolute atomic E-state index is 13.0. The van der Waals surface area contributed by atoms with Crippen LogP contribution in [0.5, 0.6) is 5.88 Å². The molecule has 0 atom stereocenters. The third-order valence-corrected chi connectivity index (χ3v) is 2.25. The predicted octanol–water partition coefficient (Wildman–Crippen LogP) is 2.81. The zero-order valence-corrected chi connectivity index (χ0v) is 9.23. The first kappa shape index (κ1) is 12.0. The molecule has 2 aromatic rings. The van der Waals surface area contributed by atoms with Crippen molar-refractivity contribution in [2.75, 3.05) is 0 Å². The number of nitrogens with zero attached hydrogens (tertiary/aromatic N) is 2. The summed E-state index contributed by atoms with van der Waals surface area (Å²) in [6.45, 7) is 0.0168. The number of ether oxygens (including phenoxy) is 1. The van der Waals surface area contributed by atoms with E-state index in [-0.39, 0.29) is 12.5 Å². The van der Waals surface area contributed by atoms with Crippen molar-refractivity contribution in [2.24, 2.45) is 0 Å². The topological polar surface area (TPSA) is 45.9 Å². The molecular weight excluding hydrogens is 238 g/mol. The quantitative estimate of drug-likeness (QED) is 0.836. The molecule has 0 N–H and O–H groups in total. The molecule has 18 heavy (non-hydrogen) atoms. The Hall–Kier alpha value is -2.48. The molecule has 5 heteroatoms. The fourth-order valence-electron chi connectivity index (χ4n) is 1.37. The van der Waals surface area contributed by atoms with Crippen LogP contribution in [0.15, 0.2) is 36.5 Å². The molecule has 0 saturated carbocycles. The summed E-state index contributed by atoms with van der Waals surface area (Å²) < 4.78 is 30.9. The number of hydrogen-bond donors (Lipinski definition) is 0. The van der Waals surface area contributed by atoms with E-state index >= 15 is 0 Å². The van der Waals surface area contributed by atoms with Gasteiger partial charge in [-0.2, -0.15) is 5.26 Å². The van der Waals surface area contributed by atoms with Crippen LogP contribution in [0, 0.1) is 23.0 Å². The first-order chi connectivity index (χ1) is 8.70. The van der Waals surface area contributed by atoms with E-state index < -0.39 is 11.6 Å². The Morgan fingerprint density at radius 2 is 2.06 bits per heavy atom. The Morgan fingerprint density at radius 1 is 1.22 bits per heavy atom. The largest absolute Gasteiger partial charge is 0.472 e. The van der Waals surface area contributed by atoms with E-state index in [1.54, 1.807) is 12.1 Å². The van der Waals surface area contributed by atoms with E-state index in [4.69, 9.17) is 10.00 Å². The lowest BCUT2D eigenvalue weighted by atomic mass is 10.2. The van der Waals surface area contributed by atoms with Crippen molar-refractivity contribution in [2.45, 2.75) is 6.61 Å². The monoisotopic (exact) mass is 246 g/mol. The predicted molar refractivity (Wildman–Crippen MR) is 59.6 cm³/mol. The van der Waals surface area contributed by atoms with Crippen LogP contribution in [0.25, 0.3) is 0 Å². The van der Waals surface area contributed by atoms with Gasteiger partial charge in [0, 0.05) is 6.20 Å². The van der Waals surface area contributed by atoms with Crippen molar-refractivity contribution in [1.82, 2.24) is 4.98 Å². The van der Waals surface area contributed by atoms with Gasteiger partial charge in [-0.25, -0.2) is 13.8 Å². The van der Waals surface area contributed by atoms with Crippen LogP contribution < -0.4 is 4.74 Å². The number of pyridine rings is 1. The molecule has 3 nitrogen and oxygen atoms in total. The first-order valence-corrected chi connectivity index (χ1v) is 5.12. The first-order valence-electron chi connectivity index (χ1n) is 5.12. The van der Waals surface area contributed by atoms with Crippen LogP contribution >= 0.6 is 0 Å². The summed E-state index contributed by atoms with van der Waals surface area (Å²) in [5.41, 5.74) is 0.753. The number of halogens is 2. The summed E-state index contributed by atoms with van der Waals surface area (Å²) in [6, 6.07) is 8.59. The molecule has 0 bridgehead atoms. The minimum Gasteiger partial charge on any atom is -0.472 e. The van der Waals surface area contributed by atoms with Gasteiger partial charge in [0.15, 0.2) is 11.6 Å².